The van der Waals surface area contributed by atoms with Crippen LogP contribution < -0.4 is 9.47 Å². The summed E-state index contributed by atoms with van der Waals surface area (Å²) >= 11 is 0. The molecule has 1 fully saturated rings. The van der Waals surface area contributed by atoms with Gasteiger partial charge in [-0.1, -0.05) is 13.3 Å². The Morgan fingerprint density at radius 1 is 0.892 bits per heavy atom. The zero-order valence-corrected chi connectivity index (χ0v) is 19.2. The van der Waals surface area contributed by atoms with Gasteiger partial charge in [-0.05, 0) is 30.5 Å². The molecule has 2 aromatic carbocycles. The fraction of sp³-hybridized carbons (Fsp3) is 0.417. The lowest BCUT2D eigenvalue weighted by Gasteiger charge is -2.29. The van der Waals surface area contributed by atoms with Crippen LogP contribution in [-0.4, -0.2) is 19.5 Å². The monoisotopic (exact) mass is 544 g/mol. The summed E-state index contributed by atoms with van der Waals surface area (Å²) < 4.78 is 142. The third-order valence-corrected chi connectivity index (χ3v) is 5.35. The molecule has 0 amide bonds. The van der Waals surface area contributed by atoms with Crippen molar-refractivity contribution in [1.29, 1.82) is 0 Å². The summed E-state index contributed by atoms with van der Waals surface area (Å²) in [6, 6.07) is -1.25. The van der Waals surface area contributed by atoms with E-state index in [2.05, 4.69) is 9.47 Å². The first-order chi connectivity index (χ1) is 17.4. The van der Waals surface area contributed by atoms with Crippen molar-refractivity contribution >= 4 is 0 Å². The Hall–Kier alpha value is -2.93. The molecule has 1 aliphatic heterocycles. The number of alkyl halides is 2. The Morgan fingerprint density at radius 2 is 1.46 bits per heavy atom. The van der Waals surface area contributed by atoms with Gasteiger partial charge in [-0.15, -0.1) is 0 Å². The average Bonchev–Trinajstić information content (AvgIpc) is 2.80. The van der Waals surface area contributed by atoms with Crippen molar-refractivity contribution in [3.05, 3.63) is 70.8 Å². The Labute approximate surface area is 205 Å². The lowest BCUT2D eigenvalue weighted by Crippen LogP contribution is -2.32. The molecular formula is C24H21F9O4. The van der Waals surface area contributed by atoms with Crippen LogP contribution in [0.25, 0.3) is 0 Å². The van der Waals surface area contributed by atoms with E-state index in [1.165, 1.54) is 0 Å². The van der Waals surface area contributed by atoms with Crippen LogP contribution in [0.15, 0.2) is 36.4 Å². The van der Waals surface area contributed by atoms with Gasteiger partial charge in [0.1, 0.15) is 22.9 Å². The molecule has 1 heterocycles. The molecule has 0 N–H and O–H groups in total. The smallest absolute Gasteiger partial charge is 0.429 e. The first-order valence-electron chi connectivity index (χ1n) is 11.1. The summed E-state index contributed by atoms with van der Waals surface area (Å²) in [7, 11) is 0. The molecule has 1 aliphatic rings. The molecule has 2 aromatic rings. The van der Waals surface area contributed by atoms with E-state index in [0.29, 0.717) is 25.3 Å². The summed E-state index contributed by atoms with van der Waals surface area (Å²) in [6.07, 6.45) is -6.28. The van der Waals surface area contributed by atoms with Crippen LogP contribution in [0.3, 0.4) is 0 Å². The van der Waals surface area contributed by atoms with Crippen molar-refractivity contribution in [3.8, 4) is 11.5 Å². The van der Waals surface area contributed by atoms with Gasteiger partial charge in [0.15, 0.2) is 17.9 Å². The third kappa shape index (κ3) is 7.31. The predicted octanol–water partition coefficient (Wildman–Crippen LogP) is 7.51. The molecule has 0 aromatic heterocycles. The number of hydrogen-bond donors (Lipinski definition) is 0. The largest absolute Gasteiger partial charge is 0.432 e. The highest BCUT2D eigenvalue weighted by molar-refractivity contribution is 5.37. The van der Waals surface area contributed by atoms with Gasteiger partial charge in [0.05, 0.1) is 13.2 Å². The fourth-order valence-corrected chi connectivity index (χ4v) is 3.68. The van der Waals surface area contributed by atoms with Crippen LogP contribution in [0, 0.1) is 29.2 Å². The number of ether oxygens (including phenoxy) is 4. The third-order valence-electron chi connectivity index (χ3n) is 5.35. The molecule has 204 valence electrons. The molecule has 0 atom stereocenters. The van der Waals surface area contributed by atoms with Gasteiger partial charge < -0.3 is 18.9 Å². The number of hydrogen-bond acceptors (Lipinski definition) is 4. The minimum absolute atomic E-state index is 0.0196. The zero-order chi connectivity index (χ0) is 27.3. The summed E-state index contributed by atoms with van der Waals surface area (Å²) in [6.45, 7) is 2.96. The van der Waals surface area contributed by atoms with Crippen LogP contribution in [0.4, 0.5) is 39.5 Å². The molecule has 0 spiro atoms. The number of halogens is 9. The molecule has 0 aliphatic carbocycles. The lowest BCUT2D eigenvalue weighted by atomic mass is 10.0. The van der Waals surface area contributed by atoms with E-state index < -0.39 is 64.8 Å². The van der Waals surface area contributed by atoms with E-state index >= 15 is 0 Å². The number of rotatable bonds is 10. The van der Waals surface area contributed by atoms with Crippen LogP contribution in [0.5, 0.6) is 11.5 Å². The van der Waals surface area contributed by atoms with E-state index in [4.69, 9.17) is 9.47 Å². The quantitative estimate of drug-likeness (QED) is 0.229. The van der Waals surface area contributed by atoms with Crippen molar-refractivity contribution in [2.24, 2.45) is 5.92 Å². The van der Waals surface area contributed by atoms with E-state index in [9.17, 15) is 39.5 Å². The van der Waals surface area contributed by atoms with E-state index in [-0.39, 0.29) is 36.5 Å². The predicted molar refractivity (Wildman–Crippen MR) is 111 cm³/mol. The van der Waals surface area contributed by atoms with E-state index in [0.717, 1.165) is 12.8 Å². The Bertz CT molecular complexity index is 1080. The highest BCUT2D eigenvalue weighted by atomic mass is 19.3. The SMILES string of the molecule is CCCC1COC(CCc2cc(F)c(C(F)(F)Oc3cc(F)c(OC(F)=C(F)F)c(F)c3)c(F)c2)OC1. The van der Waals surface area contributed by atoms with Gasteiger partial charge in [-0.25, -0.2) is 17.6 Å². The molecule has 1 saturated heterocycles. The molecule has 0 saturated carbocycles. The maximum absolute atomic E-state index is 14.6. The maximum atomic E-state index is 14.6. The standard InChI is InChI=1S/C24H21F9O4/c1-2-3-13-10-34-19(35-11-13)5-4-12-6-15(25)20(16(26)7-12)24(32,33)37-14-8-17(27)21(18(28)9-14)36-23(31)22(29)30/h6-9,13,19H,2-5,10-11H2,1H3. The van der Waals surface area contributed by atoms with Crippen molar-refractivity contribution in [3.63, 3.8) is 0 Å². The average molecular weight is 544 g/mol. The van der Waals surface area contributed by atoms with E-state index in [1.54, 1.807) is 0 Å². The highest BCUT2D eigenvalue weighted by Gasteiger charge is 2.41. The summed E-state index contributed by atoms with van der Waals surface area (Å²) in [4.78, 5) is 0. The highest BCUT2D eigenvalue weighted by Crippen LogP contribution is 2.38. The summed E-state index contributed by atoms with van der Waals surface area (Å²) in [5, 5.41) is 0. The van der Waals surface area contributed by atoms with Crippen molar-refractivity contribution in [1.82, 2.24) is 0 Å². The van der Waals surface area contributed by atoms with Gasteiger partial charge in [0.25, 0.3) is 0 Å². The summed E-state index contributed by atoms with van der Waals surface area (Å²) in [5.74, 6) is -9.89. The molecule has 0 bridgehead atoms. The van der Waals surface area contributed by atoms with Crippen molar-refractivity contribution < 1.29 is 58.5 Å². The molecular weight excluding hydrogens is 523 g/mol. The normalized spacial score (nSPS) is 18.0. The Kier molecular flexibility index (Phi) is 9.35. The van der Waals surface area contributed by atoms with Gasteiger partial charge >= 0.3 is 18.2 Å². The first-order valence-corrected chi connectivity index (χ1v) is 11.1. The second-order valence-electron chi connectivity index (χ2n) is 8.20. The lowest BCUT2D eigenvalue weighted by molar-refractivity contribution is -0.203. The van der Waals surface area contributed by atoms with Crippen LogP contribution in [0.1, 0.15) is 37.3 Å². The van der Waals surface area contributed by atoms with Gasteiger partial charge in [0.2, 0.25) is 5.75 Å². The van der Waals surface area contributed by atoms with Crippen LogP contribution in [0.2, 0.25) is 0 Å². The molecule has 0 unspecified atom stereocenters. The van der Waals surface area contributed by atoms with Crippen LogP contribution >= 0.6 is 0 Å². The Morgan fingerprint density at radius 3 is 1.97 bits per heavy atom. The van der Waals surface area contributed by atoms with Gasteiger partial charge in [-0.2, -0.15) is 22.0 Å². The maximum Gasteiger partial charge on any atom is 0.432 e. The second kappa shape index (κ2) is 12.1. The second-order valence-corrected chi connectivity index (χ2v) is 8.20. The fourth-order valence-electron chi connectivity index (χ4n) is 3.68. The van der Waals surface area contributed by atoms with Gasteiger partial charge in [-0.3, -0.25) is 0 Å². The molecule has 3 rings (SSSR count). The molecule has 4 nitrogen and oxygen atoms in total. The zero-order valence-electron chi connectivity index (χ0n) is 19.2. The topological polar surface area (TPSA) is 36.9 Å². The minimum atomic E-state index is -4.76. The van der Waals surface area contributed by atoms with Gasteiger partial charge in [0, 0.05) is 24.5 Å². The molecule has 13 heteroatoms. The first kappa shape index (κ1) is 28.6. The van der Waals surface area contributed by atoms with Crippen LogP contribution in [-0.2, 0) is 22.0 Å². The summed E-state index contributed by atoms with van der Waals surface area (Å²) in [5.41, 5.74) is -1.82. The minimum Gasteiger partial charge on any atom is -0.429 e. The Balaban J connectivity index is 1.71. The van der Waals surface area contributed by atoms with E-state index in [1.807, 2.05) is 6.92 Å². The van der Waals surface area contributed by atoms with Crippen molar-refractivity contribution in [2.75, 3.05) is 13.2 Å². The molecule has 37 heavy (non-hydrogen) atoms. The number of aryl methyl sites for hydroxylation is 1. The van der Waals surface area contributed by atoms with Crippen molar-refractivity contribution in [2.45, 2.75) is 45.0 Å². The molecule has 0 radical (unpaired) electrons. The number of benzene rings is 2.